The summed E-state index contributed by atoms with van der Waals surface area (Å²) in [7, 11) is 0. The first kappa shape index (κ1) is 19.4. The van der Waals surface area contributed by atoms with E-state index >= 15 is 0 Å². The lowest BCUT2D eigenvalue weighted by atomic mass is 9.97. The number of furan rings is 1. The third-order valence-corrected chi connectivity index (χ3v) is 5.73. The summed E-state index contributed by atoms with van der Waals surface area (Å²) in [4.78, 5) is 19.3. The summed E-state index contributed by atoms with van der Waals surface area (Å²) in [6.07, 6.45) is 5.81. The molecule has 4 aromatic rings. The Labute approximate surface area is 180 Å². The number of fused-ring (bicyclic) bond motifs is 1. The lowest BCUT2D eigenvalue weighted by Crippen LogP contribution is -2.40. The molecule has 0 bridgehead atoms. The van der Waals surface area contributed by atoms with E-state index in [1.165, 1.54) is 5.56 Å². The number of rotatable bonds is 6. The van der Waals surface area contributed by atoms with Crippen LogP contribution in [0.4, 0.5) is 5.69 Å². The summed E-state index contributed by atoms with van der Waals surface area (Å²) in [5, 5.41) is 8.17. The Morgan fingerprint density at radius 1 is 1.13 bits per heavy atom. The van der Waals surface area contributed by atoms with E-state index in [4.69, 9.17) is 14.5 Å². The highest BCUT2D eigenvalue weighted by Gasteiger charge is 2.27. The Balaban J connectivity index is 1.26. The SMILES string of the molecule is O=C(Cc1ccco1)N1CCC[C@@H](c2nc3ccc(NCc4ccccc4)cn3n2)C1. The molecule has 1 N–H and O–H groups in total. The molecule has 0 unspecified atom stereocenters. The van der Waals surface area contributed by atoms with E-state index in [-0.39, 0.29) is 11.8 Å². The Morgan fingerprint density at radius 3 is 2.87 bits per heavy atom. The van der Waals surface area contributed by atoms with Crippen molar-refractivity contribution in [2.45, 2.75) is 31.7 Å². The fraction of sp³-hybridized carbons (Fsp3) is 0.292. The van der Waals surface area contributed by atoms with Crippen molar-refractivity contribution in [3.8, 4) is 0 Å². The number of hydrogen-bond donors (Lipinski definition) is 1. The molecule has 5 rings (SSSR count). The maximum absolute atomic E-state index is 12.7. The van der Waals surface area contributed by atoms with Gasteiger partial charge in [-0.1, -0.05) is 30.3 Å². The maximum atomic E-state index is 12.7. The van der Waals surface area contributed by atoms with Gasteiger partial charge in [0.05, 0.1) is 24.6 Å². The first-order chi connectivity index (χ1) is 15.2. The predicted molar refractivity (Wildman–Crippen MR) is 118 cm³/mol. The standard InChI is InChI=1S/C24H25N5O2/c30-23(14-21-9-5-13-31-21)28-12-4-8-19(16-28)24-26-22-11-10-20(17-29(22)27-24)25-15-18-6-2-1-3-7-18/h1-3,5-7,9-11,13,17,19,25H,4,8,12,14-16H2/t19-/m1/s1. The number of anilines is 1. The van der Waals surface area contributed by atoms with E-state index in [1.54, 1.807) is 6.26 Å². The second-order valence-electron chi connectivity index (χ2n) is 7.96. The van der Waals surface area contributed by atoms with Gasteiger partial charge in [0.1, 0.15) is 5.76 Å². The lowest BCUT2D eigenvalue weighted by Gasteiger charge is -2.31. The average molecular weight is 415 g/mol. The summed E-state index contributed by atoms with van der Waals surface area (Å²) in [6, 6.07) is 17.9. The number of nitrogens with one attached hydrogen (secondary N) is 1. The molecule has 7 nitrogen and oxygen atoms in total. The summed E-state index contributed by atoms with van der Waals surface area (Å²) in [5.41, 5.74) is 3.04. The number of amides is 1. The number of piperidine rings is 1. The van der Waals surface area contributed by atoms with Crippen LogP contribution >= 0.6 is 0 Å². The number of carbonyl (C=O) groups excluding carboxylic acids is 1. The van der Waals surface area contributed by atoms with Crippen molar-refractivity contribution in [3.05, 3.63) is 84.2 Å². The Bertz CT molecular complexity index is 1150. The third kappa shape index (κ3) is 4.45. The van der Waals surface area contributed by atoms with Crippen molar-refractivity contribution in [2.75, 3.05) is 18.4 Å². The molecule has 4 heterocycles. The Hall–Kier alpha value is -3.61. The smallest absolute Gasteiger partial charge is 0.230 e. The van der Waals surface area contributed by atoms with E-state index in [1.807, 2.05) is 58.1 Å². The van der Waals surface area contributed by atoms with Gasteiger partial charge in [-0.3, -0.25) is 4.79 Å². The quantitative estimate of drug-likeness (QED) is 0.517. The van der Waals surface area contributed by atoms with Gasteiger partial charge in [-0.05, 0) is 42.7 Å². The van der Waals surface area contributed by atoms with Gasteiger partial charge >= 0.3 is 0 Å². The highest BCUT2D eigenvalue weighted by molar-refractivity contribution is 5.78. The largest absolute Gasteiger partial charge is 0.469 e. The molecule has 0 saturated carbocycles. The van der Waals surface area contributed by atoms with Crippen LogP contribution < -0.4 is 5.32 Å². The van der Waals surface area contributed by atoms with Crippen LogP contribution in [0.25, 0.3) is 5.65 Å². The molecule has 0 radical (unpaired) electrons. The summed E-state index contributed by atoms with van der Waals surface area (Å²) >= 11 is 0. The van der Waals surface area contributed by atoms with Crippen molar-refractivity contribution >= 4 is 17.2 Å². The molecule has 1 atom stereocenters. The van der Waals surface area contributed by atoms with Crippen molar-refractivity contribution in [1.29, 1.82) is 0 Å². The number of hydrogen-bond acceptors (Lipinski definition) is 5. The molecule has 1 aliphatic rings. The molecule has 1 aromatic carbocycles. The number of pyridine rings is 1. The van der Waals surface area contributed by atoms with Crippen LogP contribution in [-0.2, 0) is 17.8 Å². The molecule has 1 aliphatic heterocycles. The number of aromatic nitrogens is 3. The summed E-state index contributed by atoms with van der Waals surface area (Å²) in [5.74, 6) is 1.75. The minimum absolute atomic E-state index is 0.0933. The van der Waals surface area contributed by atoms with Crippen LogP contribution in [0.1, 0.15) is 35.9 Å². The van der Waals surface area contributed by atoms with E-state index in [2.05, 4.69) is 17.4 Å². The van der Waals surface area contributed by atoms with Gasteiger partial charge in [0.2, 0.25) is 5.91 Å². The monoisotopic (exact) mass is 415 g/mol. The van der Waals surface area contributed by atoms with Crippen molar-refractivity contribution in [2.24, 2.45) is 0 Å². The fourth-order valence-corrected chi connectivity index (χ4v) is 4.07. The van der Waals surface area contributed by atoms with Crippen LogP contribution in [0.2, 0.25) is 0 Å². The first-order valence-corrected chi connectivity index (χ1v) is 10.7. The highest BCUT2D eigenvalue weighted by Crippen LogP contribution is 2.26. The topological polar surface area (TPSA) is 75.7 Å². The molecule has 1 saturated heterocycles. The minimum Gasteiger partial charge on any atom is -0.469 e. The van der Waals surface area contributed by atoms with E-state index in [9.17, 15) is 4.79 Å². The fourth-order valence-electron chi connectivity index (χ4n) is 4.07. The first-order valence-electron chi connectivity index (χ1n) is 10.7. The third-order valence-electron chi connectivity index (χ3n) is 5.73. The van der Waals surface area contributed by atoms with Crippen molar-refractivity contribution in [1.82, 2.24) is 19.5 Å². The van der Waals surface area contributed by atoms with Gasteiger partial charge in [0.25, 0.3) is 0 Å². The Kier molecular flexibility index (Phi) is 5.39. The normalized spacial score (nSPS) is 16.5. The zero-order valence-corrected chi connectivity index (χ0v) is 17.3. The van der Waals surface area contributed by atoms with Crippen LogP contribution in [0.5, 0.6) is 0 Å². The van der Waals surface area contributed by atoms with Crippen LogP contribution in [0, 0.1) is 0 Å². The molecule has 0 spiro atoms. The van der Waals surface area contributed by atoms with E-state index < -0.39 is 0 Å². The van der Waals surface area contributed by atoms with Crippen molar-refractivity contribution in [3.63, 3.8) is 0 Å². The van der Waals surface area contributed by atoms with Gasteiger partial charge in [-0.15, -0.1) is 0 Å². The average Bonchev–Trinajstić information content (AvgIpc) is 3.48. The second-order valence-corrected chi connectivity index (χ2v) is 7.96. The van der Waals surface area contributed by atoms with E-state index in [0.717, 1.165) is 43.1 Å². The summed E-state index contributed by atoms with van der Waals surface area (Å²) in [6.45, 7) is 2.18. The number of likely N-dealkylation sites (tertiary alicyclic amines) is 1. The molecule has 158 valence electrons. The molecule has 31 heavy (non-hydrogen) atoms. The van der Waals surface area contributed by atoms with Gasteiger partial charge in [0.15, 0.2) is 11.5 Å². The lowest BCUT2D eigenvalue weighted by molar-refractivity contribution is -0.132. The highest BCUT2D eigenvalue weighted by atomic mass is 16.3. The second kappa shape index (κ2) is 8.63. The number of benzene rings is 1. The minimum atomic E-state index is 0.0933. The van der Waals surface area contributed by atoms with Gasteiger partial charge in [0, 0.05) is 25.6 Å². The molecule has 3 aromatic heterocycles. The zero-order chi connectivity index (χ0) is 21.0. The number of carbonyl (C=O) groups is 1. The molecule has 7 heteroatoms. The molecular weight excluding hydrogens is 390 g/mol. The molecule has 1 fully saturated rings. The van der Waals surface area contributed by atoms with E-state index in [0.29, 0.717) is 18.7 Å². The molecule has 0 aliphatic carbocycles. The molecule has 1 amide bonds. The Morgan fingerprint density at radius 2 is 2.03 bits per heavy atom. The number of nitrogens with zero attached hydrogens (tertiary/aromatic N) is 4. The van der Waals surface area contributed by atoms with Crippen molar-refractivity contribution < 1.29 is 9.21 Å². The molecular formula is C24H25N5O2. The van der Waals surface area contributed by atoms with Crippen LogP contribution in [-0.4, -0.2) is 38.5 Å². The predicted octanol–water partition coefficient (Wildman–Crippen LogP) is 3.88. The van der Waals surface area contributed by atoms with Crippen LogP contribution in [0.3, 0.4) is 0 Å². The zero-order valence-electron chi connectivity index (χ0n) is 17.3. The van der Waals surface area contributed by atoms with Gasteiger partial charge in [-0.25, -0.2) is 9.50 Å². The maximum Gasteiger partial charge on any atom is 0.230 e. The van der Waals surface area contributed by atoms with Gasteiger partial charge < -0.3 is 14.6 Å². The van der Waals surface area contributed by atoms with Crippen LogP contribution in [0.15, 0.2) is 71.5 Å². The summed E-state index contributed by atoms with van der Waals surface area (Å²) < 4.78 is 7.15. The van der Waals surface area contributed by atoms with Gasteiger partial charge in [-0.2, -0.15) is 5.10 Å².